The first-order chi connectivity index (χ1) is 14.9. The Labute approximate surface area is 191 Å². The molecular formula is C26H38O6. The number of allylic oxidation sites excluding steroid dienone is 2. The van der Waals surface area contributed by atoms with Gasteiger partial charge in [-0.05, 0) is 76.2 Å². The van der Waals surface area contributed by atoms with Gasteiger partial charge in [0.05, 0.1) is 18.0 Å². The minimum Gasteiger partial charge on any atom is -0.432 e. The quantitative estimate of drug-likeness (QED) is 0.377. The van der Waals surface area contributed by atoms with Crippen LogP contribution in [0.5, 0.6) is 0 Å². The van der Waals surface area contributed by atoms with E-state index in [1.165, 1.54) is 19.3 Å². The maximum atomic E-state index is 13.8. The fraction of sp³-hybridized carbons (Fsp3) is 0.731. The average Bonchev–Trinajstić information content (AvgIpc) is 2.74. The van der Waals surface area contributed by atoms with Crippen molar-refractivity contribution in [2.45, 2.75) is 78.4 Å². The summed E-state index contributed by atoms with van der Waals surface area (Å²) in [6.07, 6.45) is 6.93. The highest BCUT2D eigenvalue weighted by Crippen LogP contribution is 2.61. The number of rotatable bonds is 6. The molecule has 8 atom stereocenters. The van der Waals surface area contributed by atoms with Crippen LogP contribution in [0.2, 0.25) is 0 Å². The van der Waals surface area contributed by atoms with Crippen molar-refractivity contribution in [1.82, 2.24) is 0 Å². The van der Waals surface area contributed by atoms with E-state index < -0.39 is 29.5 Å². The van der Waals surface area contributed by atoms with Gasteiger partial charge < -0.3 is 19.4 Å². The molecule has 32 heavy (non-hydrogen) atoms. The van der Waals surface area contributed by atoms with E-state index in [9.17, 15) is 19.5 Å². The number of aliphatic hydroxyl groups excluding tert-OH is 1. The van der Waals surface area contributed by atoms with E-state index in [1.807, 2.05) is 26.8 Å². The van der Waals surface area contributed by atoms with Crippen LogP contribution in [0.3, 0.4) is 0 Å². The molecule has 0 aliphatic heterocycles. The Bertz CT molecular complexity index is 824. The van der Waals surface area contributed by atoms with Crippen molar-refractivity contribution in [2.75, 3.05) is 7.11 Å². The van der Waals surface area contributed by atoms with E-state index in [-0.39, 0.29) is 41.2 Å². The second-order valence-corrected chi connectivity index (χ2v) is 10.9. The highest BCUT2D eigenvalue weighted by Gasteiger charge is 2.61. The molecule has 178 valence electrons. The van der Waals surface area contributed by atoms with E-state index in [0.29, 0.717) is 6.42 Å². The zero-order valence-corrected chi connectivity index (χ0v) is 20.2. The van der Waals surface area contributed by atoms with Gasteiger partial charge in [-0.3, -0.25) is 4.79 Å². The Morgan fingerprint density at radius 2 is 1.88 bits per heavy atom. The van der Waals surface area contributed by atoms with Crippen molar-refractivity contribution < 1.29 is 29.0 Å². The molecule has 0 aromatic carbocycles. The summed E-state index contributed by atoms with van der Waals surface area (Å²) in [7, 11) is 1.68. The maximum Gasteiger partial charge on any atom is 0.335 e. The lowest BCUT2D eigenvalue weighted by atomic mass is 9.53. The van der Waals surface area contributed by atoms with Crippen molar-refractivity contribution in [3.8, 4) is 0 Å². The third-order valence-corrected chi connectivity index (χ3v) is 8.30. The topological polar surface area (TPSA) is 89.9 Å². The number of hydrogen-bond acceptors (Lipinski definition) is 6. The number of carbonyl (C=O) groups excluding carboxylic acids is 3. The number of ketones is 2. The van der Waals surface area contributed by atoms with Gasteiger partial charge in [0, 0.05) is 37.9 Å². The van der Waals surface area contributed by atoms with Gasteiger partial charge >= 0.3 is 5.97 Å². The molecule has 0 heterocycles. The highest BCUT2D eigenvalue weighted by atomic mass is 16.5. The molecule has 0 amide bonds. The Hall–Kier alpha value is -1.79. The zero-order chi connectivity index (χ0) is 23.8. The summed E-state index contributed by atoms with van der Waals surface area (Å²) in [5.41, 5.74) is 0.136. The van der Waals surface area contributed by atoms with Gasteiger partial charge in [0.25, 0.3) is 0 Å². The lowest BCUT2D eigenvalue weighted by Gasteiger charge is -2.55. The molecule has 6 heteroatoms. The molecule has 3 aliphatic rings. The van der Waals surface area contributed by atoms with Crippen LogP contribution in [-0.2, 0) is 23.9 Å². The summed E-state index contributed by atoms with van der Waals surface area (Å²) in [5.74, 6) is -1.61. The number of Topliss-reactive ketones (excluding diaryl/α,β-unsaturated/α-hetero) is 2. The third-order valence-electron chi connectivity index (χ3n) is 8.30. The van der Waals surface area contributed by atoms with Crippen LogP contribution in [-0.4, -0.2) is 41.5 Å². The van der Waals surface area contributed by atoms with E-state index in [1.54, 1.807) is 7.11 Å². The Kier molecular flexibility index (Phi) is 7.16. The van der Waals surface area contributed by atoms with Crippen molar-refractivity contribution in [1.29, 1.82) is 0 Å². The minimum absolute atomic E-state index is 0.0102. The molecule has 0 saturated heterocycles. The number of fused-ring (bicyclic) bond motifs is 1. The van der Waals surface area contributed by atoms with Crippen molar-refractivity contribution in [3.63, 3.8) is 0 Å². The number of methoxy groups -OCH3 is 1. The first kappa shape index (κ1) is 24.8. The Morgan fingerprint density at radius 1 is 1.19 bits per heavy atom. The Morgan fingerprint density at radius 3 is 2.47 bits per heavy atom. The first-order valence-corrected chi connectivity index (χ1v) is 11.7. The smallest absolute Gasteiger partial charge is 0.335 e. The van der Waals surface area contributed by atoms with Gasteiger partial charge in [-0.1, -0.05) is 12.5 Å². The number of hydrogen-bond donors (Lipinski definition) is 1. The zero-order valence-electron chi connectivity index (χ0n) is 20.2. The average molecular weight is 447 g/mol. The Balaban J connectivity index is 2.00. The number of esters is 1. The van der Waals surface area contributed by atoms with Crippen LogP contribution < -0.4 is 0 Å². The SMILES string of the molecule is CO[C@]1(C)CC(O)[C@@H]2C(=O)[C@H](CC(C)=O)[C@@H](/C=C/OC(=O)C=C(C)C)[C@]3(C)CC[C@H]1[C@H]2C3. The predicted octanol–water partition coefficient (Wildman–Crippen LogP) is 4.01. The van der Waals surface area contributed by atoms with Gasteiger partial charge in [0.15, 0.2) is 0 Å². The first-order valence-electron chi connectivity index (χ1n) is 11.7. The lowest BCUT2D eigenvalue weighted by Crippen LogP contribution is -2.57. The van der Waals surface area contributed by atoms with Crippen LogP contribution in [0.1, 0.15) is 66.7 Å². The van der Waals surface area contributed by atoms with Gasteiger partial charge in [-0.25, -0.2) is 4.79 Å². The summed E-state index contributed by atoms with van der Waals surface area (Å²) in [6, 6.07) is 0. The summed E-state index contributed by atoms with van der Waals surface area (Å²) in [5, 5.41) is 11.1. The van der Waals surface area contributed by atoms with Gasteiger partial charge in [0.1, 0.15) is 11.6 Å². The number of aliphatic hydroxyl groups is 1. The summed E-state index contributed by atoms with van der Waals surface area (Å²) in [4.78, 5) is 38.0. The van der Waals surface area contributed by atoms with Crippen molar-refractivity contribution in [2.24, 2.45) is 35.0 Å². The highest BCUT2D eigenvalue weighted by molar-refractivity contribution is 5.90. The van der Waals surface area contributed by atoms with Crippen LogP contribution >= 0.6 is 0 Å². The molecule has 1 N–H and O–H groups in total. The number of ether oxygens (including phenoxy) is 2. The molecule has 3 saturated carbocycles. The fourth-order valence-corrected chi connectivity index (χ4v) is 6.81. The second kappa shape index (κ2) is 9.22. The second-order valence-electron chi connectivity index (χ2n) is 10.9. The third kappa shape index (κ3) is 4.62. The molecule has 2 bridgehead atoms. The monoisotopic (exact) mass is 446 g/mol. The van der Waals surface area contributed by atoms with Gasteiger partial charge in [-0.2, -0.15) is 0 Å². The predicted molar refractivity (Wildman–Crippen MR) is 120 cm³/mol. The largest absolute Gasteiger partial charge is 0.432 e. The van der Waals surface area contributed by atoms with Crippen molar-refractivity contribution >= 4 is 17.5 Å². The van der Waals surface area contributed by atoms with E-state index in [0.717, 1.165) is 24.8 Å². The maximum absolute atomic E-state index is 13.8. The normalized spacial score (nSPS) is 41.2. The molecular weight excluding hydrogens is 408 g/mol. The molecule has 0 spiro atoms. The molecule has 3 rings (SSSR count). The molecule has 6 nitrogen and oxygen atoms in total. The van der Waals surface area contributed by atoms with Crippen LogP contribution in [0.25, 0.3) is 0 Å². The molecule has 3 fully saturated rings. The van der Waals surface area contributed by atoms with E-state index in [2.05, 4.69) is 6.92 Å². The number of carbonyl (C=O) groups is 3. The lowest BCUT2D eigenvalue weighted by molar-refractivity contribution is -0.174. The van der Waals surface area contributed by atoms with Crippen LogP contribution in [0, 0.1) is 35.0 Å². The van der Waals surface area contributed by atoms with Crippen LogP contribution in [0.4, 0.5) is 0 Å². The van der Waals surface area contributed by atoms with Gasteiger partial charge in [-0.15, -0.1) is 0 Å². The standard InChI is InChI=1S/C26H38O6/c1-15(2)11-22(29)32-10-8-19-17(12-16(3)27)24(30)23-18-13-25(19,4)9-7-20(18)26(5,31-6)14-21(23)28/h8,10-11,17-21,23,28H,7,9,12-14H2,1-6H3/b10-8+/t17-,18-,19-,20+,21?,23-,25-,26-/m1/s1. The molecule has 3 aliphatic carbocycles. The summed E-state index contributed by atoms with van der Waals surface area (Å²) >= 11 is 0. The van der Waals surface area contributed by atoms with E-state index in [4.69, 9.17) is 9.47 Å². The fourth-order valence-electron chi connectivity index (χ4n) is 6.81. The minimum atomic E-state index is -0.788. The molecule has 1 unspecified atom stereocenters. The molecule has 0 radical (unpaired) electrons. The summed E-state index contributed by atoms with van der Waals surface area (Å²) in [6.45, 7) is 9.35. The van der Waals surface area contributed by atoms with Crippen LogP contribution in [0.15, 0.2) is 24.0 Å². The van der Waals surface area contributed by atoms with Crippen molar-refractivity contribution in [3.05, 3.63) is 24.0 Å². The molecule has 0 aromatic rings. The molecule has 0 aromatic heterocycles. The van der Waals surface area contributed by atoms with Gasteiger partial charge in [0.2, 0.25) is 0 Å². The van der Waals surface area contributed by atoms with E-state index >= 15 is 0 Å². The summed E-state index contributed by atoms with van der Waals surface area (Å²) < 4.78 is 11.1.